The molecule has 0 amide bonds. The Morgan fingerprint density at radius 1 is 0.727 bits per heavy atom. The lowest BCUT2D eigenvalue weighted by atomic mass is 9.91. The summed E-state index contributed by atoms with van der Waals surface area (Å²) in [5.41, 5.74) is 5.58. The average molecular weight is 430 g/mol. The summed E-state index contributed by atoms with van der Waals surface area (Å²) in [6.45, 7) is 2.12. The van der Waals surface area contributed by atoms with Crippen LogP contribution in [0, 0.1) is 0 Å². The number of hydrogen-bond donors (Lipinski definition) is 0. The molecule has 0 aliphatic rings. The summed E-state index contributed by atoms with van der Waals surface area (Å²) in [5.74, 6) is -0.369. The Morgan fingerprint density at radius 2 is 1.36 bits per heavy atom. The summed E-state index contributed by atoms with van der Waals surface area (Å²) in [6, 6.07) is 36.3. The van der Waals surface area contributed by atoms with Crippen molar-refractivity contribution in [2.24, 2.45) is 0 Å². The molecule has 5 rings (SSSR count). The third-order valence-electron chi connectivity index (χ3n) is 5.70. The number of carbonyl (C=O) groups excluding carboxylic acids is 1. The maximum atomic E-state index is 13.4. The summed E-state index contributed by atoms with van der Waals surface area (Å²) < 4.78 is 5.53. The van der Waals surface area contributed by atoms with Crippen LogP contribution in [0.3, 0.4) is 0 Å². The number of pyridine rings is 1. The average Bonchev–Trinajstić information content (AvgIpc) is 2.89. The number of rotatable bonds is 5. The van der Waals surface area contributed by atoms with E-state index in [1.807, 2.05) is 91.9 Å². The van der Waals surface area contributed by atoms with Crippen LogP contribution in [0.25, 0.3) is 44.4 Å². The van der Waals surface area contributed by atoms with Crippen molar-refractivity contribution in [3.05, 3.63) is 115 Å². The number of fused-ring (bicyclic) bond motifs is 1. The van der Waals surface area contributed by atoms with Crippen LogP contribution in [-0.2, 0) is 4.74 Å². The van der Waals surface area contributed by atoms with Gasteiger partial charge >= 0.3 is 5.97 Å². The first-order valence-corrected chi connectivity index (χ1v) is 11.1. The van der Waals surface area contributed by atoms with Gasteiger partial charge in [0, 0.05) is 16.7 Å². The normalized spacial score (nSPS) is 10.8. The molecule has 5 aromatic rings. The molecule has 1 aromatic heterocycles. The van der Waals surface area contributed by atoms with Gasteiger partial charge in [-0.2, -0.15) is 0 Å². The van der Waals surface area contributed by atoms with E-state index in [0.29, 0.717) is 17.9 Å². The molecule has 0 aliphatic carbocycles. The minimum Gasteiger partial charge on any atom is -0.462 e. The summed E-state index contributed by atoms with van der Waals surface area (Å²) in [7, 11) is 0. The predicted molar refractivity (Wildman–Crippen MR) is 134 cm³/mol. The quantitative estimate of drug-likeness (QED) is 0.273. The zero-order chi connectivity index (χ0) is 22.6. The van der Waals surface area contributed by atoms with Gasteiger partial charge < -0.3 is 4.74 Å². The Morgan fingerprint density at radius 3 is 2.09 bits per heavy atom. The van der Waals surface area contributed by atoms with Gasteiger partial charge in [-0.1, -0.05) is 103 Å². The Kier molecular flexibility index (Phi) is 5.69. The molecule has 1 heterocycles. The number of hydrogen-bond acceptors (Lipinski definition) is 3. The van der Waals surface area contributed by atoms with Gasteiger partial charge in [0.25, 0.3) is 0 Å². The fourth-order valence-corrected chi connectivity index (χ4v) is 4.19. The van der Waals surface area contributed by atoms with Crippen LogP contribution in [0.2, 0.25) is 0 Å². The summed E-state index contributed by atoms with van der Waals surface area (Å²) in [5, 5.41) is 2.19. The number of nitrogens with zero attached hydrogens (tertiary/aromatic N) is 1. The van der Waals surface area contributed by atoms with Gasteiger partial charge in [0.15, 0.2) is 0 Å². The van der Waals surface area contributed by atoms with Crippen molar-refractivity contribution in [1.29, 1.82) is 0 Å². The third kappa shape index (κ3) is 4.01. The van der Waals surface area contributed by atoms with Crippen LogP contribution in [0.1, 0.15) is 17.3 Å². The van der Waals surface area contributed by atoms with Crippen LogP contribution < -0.4 is 0 Å². The van der Waals surface area contributed by atoms with E-state index in [4.69, 9.17) is 9.72 Å². The highest BCUT2D eigenvalue weighted by Crippen LogP contribution is 2.38. The second-order valence-electron chi connectivity index (χ2n) is 7.76. The second-order valence-corrected chi connectivity index (χ2v) is 7.76. The first-order chi connectivity index (χ1) is 16.3. The maximum absolute atomic E-state index is 13.4. The molecule has 0 unspecified atom stereocenters. The highest BCUT2D eigenvalue weighted by molar-refractivity contribution is 6.08. The topological polar surface area (TPSA) is 39.2 Å². The van der Waals surface area contributed by atoms with Crippen LogP contribution in [0.4, 0.5) is 0 Å². The van der Waals surface area contributed by atoms with Gasteiger partial charge in [-0.05, 0) is 29.3 Å². The summed E-state index contributed by atoms with van der Waals surface area (Å²) in [4.78, 5) is 18.3. The Labute approximate surface area is 193 Å². The third-order valence-corrected chi connectivity index (χ3v) is 5.70. The van der Waals surface area contributed by atoms with Crippen molar-refractivity contribution in [3.8, 4) is 33.6 Å². The Balaban J connectivity index is 1.89. The molecule has 0 radical (unpaired) electrons. The van der Waals surface area contributed by atoms with Gasteiger partial charge in [0.1, 0.15) is 0 Å². The van der Waals surface area contributed by atoms with Crippen molar-refractivity contribution in [3.63, 3.8) is 0 Å². The maximum Gasteiger partial charge on any atom is 0.340 e. The number of carbonyl (C=O) groups is 1. The largest absolute Gasteiger partial charge is 0.462 e. The first-order valence-electron chi connectivity index (χ1n) is 11.1. The van der Waals surface area contributed by atoms with Gasteiger partial charge in [-0.3, -0.25) is 0 Å². The van der Waals surface area contributed by atoms with E-state index in [1.54, 1.807) is 0 Å². The van der Waals surface area contributed by atoms with E-state index in [9.17, 15) is 4.79 Å². The van der Waals surface area contributed by atoms with Gasteiger partial charge in [0.2, 0.25) is 0 Å². The van der Waals surface area contributed by atoms with Crippen LogP contribution in [0.15, 0.2) is 109 Å². The SMILES string of the molecule is CCOC(=O)c1c(-c2cccc3ccccc23)cc(-c2ccccc2)nc1-c1ccccc1. The van der Waals surface area contributed by atoms with E-state index in [-0.39, 0.29) is 5.97 Å². The lowest BCUT2D eigenvalue weighted by molar-refractivity contribution is 0.0528. The van der Waals surface area contributed by atoms with E-state index < -0.39 is 0 Å². The van der Waals surface area contributed by atoms with E-state index in [1.165, 1.54) is 0 Å². The van der Waals surface area contributed by atoms with Gasteiger partial charge in [0.05, 0.1) is 23.6 Å². The van der Waals surface area contributed by atoms with Crippen LogP contribution in [0.5, 0.6) is 0 Å². The monoisotopic (exact) mass is 429 g/mol. The van der Waals surface area contributed by atoms with Crippen molar-refractivity contribution >= 4 is 16.7 Å². The van der Waals surface area contributed by atoms with Crippen molar-refractivity contribution < 1.29 is 9.53 Å². The molecule has 160 valence electrons. The van der Waals surface area contributed by atoms with Crippen LogP contribution in [-0.4, -0.2) is 17.6 Å². The number of benzene rings is 4. The molecular formula is C30H23NO2. The fourth-order valence-electron chi connectivity index (χ4n) is 4.19. The summed E-state index contributed by atoms with van der Waals surface area (Å²) >= 11 is 0. The number of ether oxygens (including phenoxy) is 1. The second kappa shape index (κ2) is 9.09. The standard InChI is InChI=1S/C30H23NO2/c1-2-33-30(32)28-26(25-19-11-17-21-12-9-10-18-24(21)25)20-27(22-13-5-3-6-14-22)31-29(28)23-15-7-4-8-16-23/h3-20H,2H2,1H3. The number of aromatic nitrogens is 1. The van der Waals surface area contributed by atoms with E-state index in [2.05, 4.69) is 24.3 Å². The lowest BCUT2D eigenvalue weighted by Gasteiger charge is -2.17. The molecule has 0 spiro atoms. The molecule has 3 nitrogen and oxygen atoms in total. The fraction of sp³-hybridized carbons (Fsp3) is 0.0667. The zero-order valence-corrected chi connectivity index (χ0v) is 18.4. The highest BCUT2D eigenvalue weighted by atomic mass is 16.5. The lowest BCUT2D eigenvalue weighted by Crippen LogP contribution is -2.11. The molecule has 4 aromatic carbocycles. The van der Waals surface area contributed by atoms with Gasteiger partial charge in [-0.15, -0.1) is 0 Å². The molecule has 0 bridgehead atoms. The van der Waals surface area contributed by atoms with E-state index in [0.717, 1.165) is 38.7 Å². The molecule has 3 heteroatoms. The molecule has 0 saturated carbocycles. The Hall–Kier alpha value is -4.24. The molecule has 0 saturated heterocycles. The van der Waals surface area contributed by atoms with Crippen molar-refractivity contribution in [1.82, 2.24) is 4.98 Å². The smallest absolute Gasteiger partial charge is 0.340 e. The van der Waals surface area contributed by atoms with Crippen LogP contribution >= 0.6 is 0 Å². The predicted octanol–water partition coefficient (Wildman–Crippen LogP) is 7.41. The van der Waals surface area contributed by atoms with Crippen molar-refractivity contribution in [2.45, 2.75) is 6.92 Å². The highest BCUT2D eigenvalue weighted by Gasteiger charge is 2.24. The zero-order valence-electron chi connectivity index (χ0n) is 18.4. The molecule has 33 heavy (non-hydrogen) atoms. The first kappa shape index (κ1) is 20.7. The molecule has 0 fully saturated rings. The molecule has 0 N–H and O–H groups in total. The Bertz CT molecular complexity index is 1420. The minimum atomic E-state index is -0.369. The number of esters is 1. The van der Waals surface area contributed by atoms with E-state index >= 15 is 0 Å². The van der Waals surface area contributed by atoms with Crippen molar-refractivity contribution in [2.75, 3.05) is 6.61 Å². The molecule has 0 atom stereocenters. The molecular weight excluding hydrogens is 406 g/mol. The molecule has 0 aliphatic heterocycles. The van der Waals surface area contributed by atoms with Gasteiger partial charge in [-0.25, -0.2) is 9.78 Å². The minimum absolute atomic E-state index is 0.294. The summed E-state index contributed by atoms with van der Waals surface area (Å²) in [6.07, 6.45) is 0.